The molecule has 0 aliphatic heterocycles. The number of carbonyl (C=O) groups is 1. The van der Waals surface area contributed by atoms with Gasteiger partial charge in [0.1, 0.15) is 11.0 Å². The van der Waals surface area contributed by atoms with Gasteiger partial charge in [0.25, 0.3) is 0 Å². The number of halogens is 3. The number of carbonyl (C=O) groups excluding carboxylic acids is 1. The Morgan fingerprint density at radius 1 is 1.02 bits per heavy atom. The Morgan fingerprint density at radius 3 is 2.33 bits per heavy atom. The molecule has 1 saturated carbocycles. The molecule has 1 amide bonds. The van der Waals surface area contributed by atoms with Crippen LogP contribution in [0, 0.1) is 5.92 Å². The molecule has 1 aliphatic rings. The summed E-state index contributed by atoms with van der Waals surface area (Å²) in [5.41, 5.74) is 6.49. The smallest absolute Gasteiger partial charge is 0.399 e. The van der Waals surface area contributed by atoms with E-state index in [-0.39, 0.29) is 31.6 Å². The van der Waals surface area contributed by atoms with Gasteiger partial charge in [-0.25, -0.2) is 8.51 Å². The van der Waals surface area contributed by atoms with Gasteiger partial charge in [0.15, 0.2) is 0 Å². The lowest BCUT2D eigenvalue weighted by atomic mass is 9.71. The number of aliphatic hydroxyl groups is 1. The maximum absolute atomic E-state index is 13.5. The van der Waals surface area contributed by atoms with Gasteiger partial charge in [-0.1, -0.05) is 56.3 Å². The topological polar surface area (TPSA) is 120 Å². The average Bonchev–Trinajstić information content (AvgIpc) is 3.00. The molecule has 4 rings (SSSR count). The van der Waals surface area contributed by atoms with E-state index in [2.05, 4.69) is 16.0 Å². The van der Waals surface area contributed by atoms with Crippen LogP contribution in [-0.2, 0) is 33.9 Å². The Kier molecular flexibility index (Phi) is 12.4. The second-order valence-electron chi connectivity index (χ2n) is 12.3. The van der Waals surface area contributed by atoms with Crippen LogP contribution in [0.1, 0.15) is 49.8 Å². The minimum Gasteiger partial charge on any atom is -0.399 e. The first kappa shape index (κ1) is 35.6. The number of aliphatic hydroxyl groups excluding tert-OH is 1. The largest absolute Gasteiger partial charge is 0.416 e. The number of alkyl halides is 3. The van der Waals surface area contributed by atoms with Crippen LogP contribution in [0.15, 0.2) is 83.8 Å². The van der Waals surface area contributed by atoms with Gasteiger partial charge in [0.05, 0.1) is 29.8 Å². The summed E-state index contributed by atoms with van der Waals surface area (Å²) in [6, 6.07) is 21.2. The summed E-state index contributed by atoms with van der Waals surface area (Å²) in [4.78, 5) is 13.4. The van der Waals surface area contributed by atoms with Crippen molar-refractivity contribution in [3.63, 3.8) is 0 Å². The fourth-order valence-electron chi connectivity index (χ4n) is 5.58. The van der Waals surface area contributed by atoms with Crippen LogP contribution in [0.3, 0.4) is 0 Å². The number of hydrogen-bond donors (Lipinski definition) is 5. The zero-order chi connectivity index (χ0) is 33.3. The molecule has 1 unspecified atom stereocenters. The minimum absolute atomic E-state index is 0.0524. The van der Waals surface area contributed by atoms with Crippen LogP contribution in [0.4, 0.5) is 18.9 Å². The zero-order valence-electron chi connectivity index (χ0n) is 26.2. The summed E-state index contributed by atoms with van der Waals surface area (Å²) in [7, 11) is -1.53. The predicted molar refractivity (Wildman–Crippen MR) is 175 cm³/mol. The van der Waals surface area contributed by atoms with Crippen molar-refractivity contribution < 1.29 is 27.3 Å². The normalized spacial score (nSPS) is 16.5. The second-order valence-corrected chi connectivity index (χ2v) is 13.8. The Bertz CT molecular complexity index is 1440. The Hall–Kier alpha value is -3.29. The lowest BCUT2D eigenvalue weighted by molar-refractivity contribution is -0.137. The van der Waals surface area contributed by atoms with Crippen LogP contribution in [0.2, 0.25) is 0 Å². The number of anilines is 1. The third kappa shape index (κ3) is 9.85. The van der Waals surface area contributed by atoms with Crippen molar-refractivity contribution in [3.05, 3.63) is 95.6 Å². The average molecular weight is 660 g/mol. The van der Waals surface area contributed by atoms with E-state index < -0.39 is 40.4 Å². The van der Waals surface area contributed by atoms with Crippen molar-refractivity contribution in [2.45, 2.75) is 68.3 Å². The van der Waals surface area contributed by atoms with E-state index in [1.165, 1.54) is 6.07 Å². The van der Waals surface area contributed by atoms with E-state index in [0.29, 0.717) is 42.0 Å². The van der Waals surface area contributed by atoms with E-state index in [1.54, 1.807) is 34.6 Å². The van der Waals surface area contributed by atoms with E-state index in [0.717, 1.165) is 24.1 Å². The van der Waals surface area contributed by atoms with Crippen LogP contribution in [0.25, 0.3) is 0 Å². The van der Waals surface area contributed by atoms with Crippen LogP contribution >= 0.6 is 0 Å². The van der Waals surface area contributed by atoms with Gasteiger partial charge < -0.3 is 16.2 Å². The predicted octanol–water partition coefficient (Wildman–Crippen LogP) is 4.57. The third-order valence-corrected chi connectivity index (χ3v) is 9.67. The lowest BCUT2D eigenvalue weighted by Crippen LogP contribution is -2.54. The summed E-state index contributed by atoms with van der Waals surface area (Å²) in [6.07, 6.45) is -2.81. The number of benzene rings is 3. The summed E-state index contributed by atoms with van der Waals surface area (Å²) in [5, 5.41) is 20.7. The standard InChI is InChI=1S/C34H44F3N5O3S/c1-24(2)21-42(46(45)29-14-12-28(38)13-15-29)22-31(43)30(18-25-8-4-3-5-9-25)39-23-40-32(44)20-41-33(16-7-17-33)26-10-6-11-27(19-26)34(35,36)37/h3-6,8-15,19,24,30-31,39,41,43H,7,16-18,20-23,38H2,1-2H3,(H,40,44)/t30-,31+,46?/m0/s1. The molecule has 6 N–H and O–H groups in total. The molecule has 3 aromatic rings. The monoisotopic (exact) mass is 659 g/mol. The fraction of sp³-hybridized carbons (Fsp3) is 0.441. The van der Waals surface area contributed by atoms with E-state index in [9.17, 15) is 27.3 Å². The van der Waals surface area contributed by atoms with Gasteiger partial charge in [-0.2, -0.15) is 13.2 Å². The molecule has 0 aromatic heterocycles. The lowest BCUT2D eigenvalue weighted by Gasteiger charge is -2.43. The summed E-state index contributed by atoms with van der Waals surface area (Å²) in [6.45, 7) is 4.62. The van der Waals surface area contributed by atoms with Gasteiger partial charge in [-0.15, -0.1) is 0 Å². The molecule has 12 heteroatoms. The highest BCUT2D eigenvalue weighted by Crippen LogP contribution is 2.42. The fourth-order valence-corrected chi connectivity index (χ4v) is 6.97. The second kappa shape index (κ2) is 16.0. The maximum atomic E-state index is 13.5. The number of hydrogen-bond acceptors (Lipinski definition) is 6. The van der Waals surface area contributed by atoms with Gasteiger partial charge in [-0.05, 0) is 79.1 Å². The van der Waals surface area contributed by atoms with Crippen molar-refractivity contribution in [2.75, 3.05) is 32.0 Å². The molecular weight excluding hydrogens is 615 g/mol. The first-order valence-electron chi connectivity index (χ1n) is 15.5. The molecule has 0 heterocycles. The number of nitrogens with zero attached hydrogens (tertiary/aromatic N) is 1. The van der Waals surface area contributed by atoms with E-state index in [4.69, 9.17) is 5.73 Å². The third-order valence-electron chi connectivity index (χ3n) is 8.23. The number of amides is 1. The van der Waals surface area contributed by atoms with Gasteiger partial charge in [-0.3, -0.25) is 15.4 Å². The first-order valence-corrected chi connectivity index (χ1v) is 16.6. The molecule has 46 heavy (non-hydrogen) atoms. The van der Waals surface area contributed by atoms with Crippen molar-refractivity contribution in [2.24, 2.45) is 5.92 Å². The molecule has 8 nitrogen and oxygen atoms in total. The Labute approximate surface area is 271 Å². The molecule has 3 atom stereocenters. The van der Waals surface area contributed by atoms with Crippen LogP contribution in [0.5, 0.6) is 0 Å². The molecule has 0 radical (unpaired) electrons. The Morgan fingerprint density at radius 2 is 1.72 bits per heavy atom. The van der Waals surface area contributed by atoms with Gasteiger partial charge in [0.2, 0.25) is 5.91 Å². The molecule has 0 spiro atoms. The molecule has 250 valence electrons. The van der Waals surface area contributed by atoms with Crippen LogP contribution < -0.4 is 21.7 Å². The summed E-state index contributed by atoms with van der Waals surface area (Å²) in [5.74, 6) is -0.142. The molecule has 0 saturated heterocycles. The SMILES string of the molecule is CC(C)CN(C[C@@H](O)[C@H](Cc1ccccc1)NCNC(=O)CNC1(c2cccc(C(F)(F)F)c2)CCC1)S(=O)c1ccc(N)cc1. The quantitative estimate of drug-likeness (QED) is 0.114. The number of nitrogens with two attached hydrogens (primary N) is 1. The minimum atomic E-state index is -4.44. The number of rotatable bonds is 16. The molecule has 1 aliphatic carbocycles. The summed E-state index contributed by atoms with van der Waals surface area (Å²) >= 11 is 0. The molecular formula is C34H44F3N5O3S. The van der Waals surface area contributed by atoms with E-state index >= 15 is 0 Å². The highest BCUT2D eigenvalue weighted by molar-refractivity contribution is 7.82. The molecule has 3 aromatic carbocycles. The zero-order valence-corrected chi connectivity index (χ0v) is 27.0. The van der Waals surface area contributed by atoms with Crippen LogP contribution in [-0.4, -0.2) is 58.0 Å². The highest BCUT2D eigenvalue weighted by atomic mass is 32.2. The number of nitrogens with one attached hydrogen (secondary N) is 3. The van der Waals surface area contributed by atoms with Crippen molar-refractivity contribution in [1.29, 1.82) is 0 Å². The number of nitrogen functional groups attached to an aromatic ring is 1. The maximum Gasteiger partial charge on any atom is 0.416 e. The van der Waals surface area contributed by atoms with Crippen molar-refractivity contribution in [1.82, 2.24) is 20.3 Å². The van der Waals surface area contributed by atoms with Gasteiger partial charge in [0, 0.05) is 30.4 Å². The molecule has 1 fully saturated rings. The van der Waals surface area contributed by atoms with Crippen molar-refractivity contribution in [3.8, 4) is 0 Å². The van der Waals surface area contributed by atoms with Gasteiger partial charge >= 0.3 is 6.18 Å². The molecule has 0 bridgehead atoms. The highest BCUT2D eigenvalue weighted by Gasteiger charge is 2.40. The Balaban J connectivity index is 1.38. The summed E-state index contributed by atoms with van der Waals surface area (Å²) < 4.78 is 55.2. The van der Waals surface area contributed by atoms with E-state index in [1.807, 2.05) is 44.2 Å². The first-order chi connectivity index (χ1) is 21.9. The van der Waals surface area contributed by atoms with Crippen molar-refractivity contribution >= 4 is 22.6 Å².